The van der Waals surface area contributed by atoms with Gasteiger partial charge in [0, 0.05) is 18.5 Å². The molecule has 1 saturated carbocycles. The van der Waals surface area contributed by atoms with Crippen LogP contribution in [0.2, 0.25) is 0 Å². The van der Waals surface area contributed by atoms with E-state index in [2.05, 4.69) is 5.32 Å². The Balaban J connectivity index is 0.00000121. The van der Waals surface area contributed by atoms with Gasteiger partial charge in [0.2, 0.25) is 6.79 Å². The van der Waals surface area contributed by atoms with E-state index in [1.807, 2.05) is 12.1 Å². The average Bonchev–Trinajstić information content (AvgIpc) is 2.85. The van der Waals surface area contributed by atoms with Crippen molar-refractivity contribution < 1.29 is 19.7 Å². The van der Waals surface area contributed by atoms with Crippen molar-refractivity contribution in [3.8, 4) is 11.5 Å². The van der Waals surface area contributed by atoms with E-state index in [0.717, 1.165) is 18.0 Å². The first-order chi connectivity index (χ1) is 9.22. The molecule has 4 atom stereocenters. The van der Waals surface area contributed by atoms with Crippen molar-refractivity contribution in [1.82, 2.24) is 5.32 Å². The summed E-state index contributed by atoms with van der Waals surface area (Å²) in [5, 5.41) is 23.1. The van der Waals surface area contributed by atoms with Gasteiger partial charge >= 0.3 is 0 Å². The number of ether oxygens (including phenoxy) is 2. The summed E-state index contributed by atoms with van der Waals surface area (Å²) in [6.07, 6.45) is -0.0747. The number of rotatable bonds is 0. The lowest BCUT2D eigenvalue weighted by atomic mass is 9.74. The smallest absolute Gasteiger partial charge is 0.231 e. The fourth-order valence-electron chi connectivity index (χ4n) is 3.47. The standard InChI is InChI=1S/C14H17NO4.ClH/c16-11-2-9-8-3-14-13(18-6-19-14)1-7(8)5-15-10(9)4-12(11)17;/h1,3,9-12,15-17H,2,4-6H2;1H/t9-,10-,11+,12-;/m0./s1. The number of benzene rings is 1. The zero-order valence-electron chi connectivity index (χ0n) is 10.9. The SMILES string of the molecule is Cl.O[C@@H]1C[C@H]2c3cc4c(cc3CN[C@H]2C[C@@H]1O)OCO4. The van der Waals surface area contributed by atoms with Crippen LogP contribution in [0, 0.1) is 0 Å². The molecular formula is C14H18ClNO4. The Bertz CT molecular complexity index is 524. The maximum atomic E-state index is 9.90. The van der Waals surface area contributed by atoms with Crippen molar-refractivity contribution in [1.29, 1.82) is 0 Å². The molecule has 2 heterocycles. The number of fused-ring (bicyclic) bond motifs is 4. The summed E-state index contributed by atoms with van der Waals surface area (Å²) in [4.78, 5) is 0. The van der Waals surface area contributed by atoms with Crippen LogP contribution < -0.4 is 14.8 Å². The third kappa shape index (κ3) is 2.05. The summed E-state index contributed by atoms with van der Waals surface area (Å²) in [6.45, 7) is 1.05. The molecule has 4 rings (SSSR count). The van der Waals surface area contributed by atoms with Crippen LogP contribution in [-0.4, -0.2) is 35.3 Å². The van der Waals surface area contributed by atoms with Gasteiger partial charge in [-0.05, 0) is 36.1 Å². The molecule has 0 bridgehead atoms. The van der Waals surface area contributed by atoms with Gasteiger partial charge in [0.05, 0.1) is 12.2 Å². The molecule has 0 spiro atoms. The van der Waals surface area contributed by atoms with E-state index in [0.29, 0.717) is 12.8 Å². The molecule has 110 valence electrons. The summed E-state index contributed by atoms with van der Waals surface area (Å²) in [5.41, 5.74) is 2.42. The molecule has 1 fully saturated rings. The Hall–Kier alpha value is -1.01. The van der Waals surface area contributed by atoms with Crippen LogP contribution in [0.5, 0.6) is 11.5 Å². The molecule has 1 aliphatic carbocycles. The molecule has 3 aliphatic rings. The lowest BCUT2D eigenvalue weighted by Gasteiger charge is -2.41. The van der Waals surface area contributed by atoms with Gasteiger partial charge in [-0.25, -0.2) is 0 Å². The van der Waals surface area contributed by atoms with Gasteiger partial charge in [-0.2, -0.15) is 0 Å². The van der Waals surface area contributed by atoms with E-state index in [9.17, 15) is 10.2 Å². The molecular weight excluding hydrogens is 282 g/mol. The highest BCUT2D eigenvalue weighted by atomic mass is 35.5. The number of aliphatic hydroxyl groups is 2. The van der Waals surface area contributed by atoms with Gasteiger partial charge in [0.25, 0.3) is 0 Å². The van der Waals surface area contributed by atoms with Crippen molar-refractivity contribution in [2.75, 3.05) is 6.79 Å². The van der Waals surface area contributed by atoms with Crippen molar-refractivity contribution in [2.45, 2.75) is 43.6 Å². The van der Waals surface area contributed by atoms with E-state index < -0.39 is 12.2 Å². The van der Waals surface area contributed by atoms with E-state index in [1.165, 1.54) is 11.1 Å². The molecule has 2 aliphatic heterocycles. The molecule has 1 aromatic carbocycles. The zero-order valence-corrected chi connectivity index (χ0v) is 11.7. The molecule has 20 heavy (non-hydrogen) atoms. The van der Waals surface area contributed by atoms with Gasteiger partial charge < -0.3 is 25.0 Å². The minimum Gasteiger partial charge on any atom is -0.454 e. The minimum absolute atomic E-state index is 0. The zero-order chi connectivity index (χ0) is 13.0. The third-order valence-electron chi connectivity index (χ3n) is 4.51. The van der Waals surface area contributed by atoms with Crippen LogP contribution in [0.25, 0.3) is 0 Å². The second-order valence-corrected chi connectivity index (χ2v) is 5.60. The lowest BCUT2D eigenvalue weighted by Crippen LogP contribution is -2.49. The Morgan fingerprint density at radius 2 is 1.75 bits per heavy atom. The first kappa shape index (κ1) is 13.9. The van der Waals surface area contributed by atoms with Gasteiger partial charge in [-0.3, -0.25) is 0 Å². The maximum Gasteiger partial charge on any atom is 0.231 e. The monoisotopic (exact) mass is 299 g/mol. The molecule has 0 saturated heterocycles. The third-order valence-corrected chi connectivity index (χ3v) is 4.51. The van der Waals surface area contributed by atoms with E-state index in [1.54, 1.807) is 0 Å². The van der Waals surface area contributed by atoms with Crippen molar-refractivity contribution in [3.63, 3.8) is 0 Å². The molecule has 3 N–H and O–H groups in total. The summed E-state index contributed by atoms with van der Waals surface area (Å²) >= 11 is 0. The predicted molar refractivity (Wildman–Crippen MR) is 74.4 cm³/mol. The predicted octanol–water partition coefficient (Wildman–Crippen LogP) is 0.908. The molecule has 1 aromatic rings. The van der Waals surface area contributed by atoms with Crippen LogP contribution >= 0.6 is 12.4 Å². The second-order valence-electron chi connectivity index (χ2n) is 5.60. The van der Waals surface area contributed by atoms with Crippen molar-refractivity contribution in [3.05, 3.63) is 23.3 Å². The molecule has 0 unspecified atom stereocenters. The van der Waals surface area contributed by atoms with Crippen LogP contribution in [0.3, 0.4) is 0 Å². The molecule has 0 amide bonds. The van der Waals surface area contributed by atoms with Gasteiger partial charge in [0.15, 0.2) is 11.5 Å². The highest BCUT2D eigenvalue weighted by Crippen LogP contribution is 2.43. The van der Waals surface area contributed by atoms with E-state index in [-0.39, 0.29) is 31.2 Å². The Labute approximate surface area is 123 Å². The molecule has 0 radical (unpaired) electrons. The largest absolute Gasteiger partial charge is 0.454 e. The number of hydrogen-bond acceptors (Lipinski definition) is 5. The topological polar surface area (TPSA) is 71.0 Å². The normalized spacial score (nSPS) is 33.9. The summed E-state index contributed by atoms with van der Waals surface area (Å²) in [6, 6.07) is 4.30. The summed E-state index contributed by atoms with van der Waals surface area (Å²) < 4.78 is 10.8. The van der Waals surface area contributed by atoms with Gasteiger partial charge in [-0.1, -0.05) is 0 Å². The first-order valence-electron chi connectivity index (χ1n) is 6.74. The van der Waals surface area contributed by atoms with Crippen LogP contribution in [0.15, 0.2) is 12.1 Å². The number of nitrogens with one attached hydrogen (secondary N) is 1. The highest BCUT2D eigenvalue weighted by molar-refractivity contribution is 5.85. The minimum atomic E-state index is -0.639. The average molecular weight is 300 g/mol. The summed E-state index contributed by atoms with van der Waals surface area (Å²) in [7, 11) is 0. The summed E-state index contributed by atoms with van der Waals surface area (Å²) in [5.74, 6) is 1.83. The van der Waals surface area contributed by atoms with Crippen molar-refractivity contribution >= 4 is 12.4 Å². The van der Waals surface area contributed by atoms with Gasteiger partial charge in [-0.15, -0.1) is 12.4 Å². The van der Waals surface area contributed by atoms with Crippen molar-refractivity contribution in [2.24, 2.45) is 0 Å². The Kier molecular flexibility index (Phi) is 3.54. The quantitative estimate of drug-likeness (QED) is 0.664. The first-order valence-corrected chi connectivity index (χ1v) is 6.74. The van der Waals surface area contributed by atoms with Crippen LogP contribution in [0.4, 0.5) is 0 Å². The van der Waals surface area contributed by atoms with Crippen LogP contribution in [-0.2, 0) is 6.54 Å². The van der Waals surface area contributed by atoms with Crippen LogP contribution in [0.1, 0.15) is 29.9 Å². The molecule has 0 aromatic heterocycles. The molecule has 6 heteroatoms. The lowest BCUT2D eigenvalue weighted by molar-refractivity contribution is -0.0273. The maximum absolute atomic E-state index is 9.90. The van der Waals surface area contributed by atoms with E-state index >= 15 is 0 Å². The number of aliphatic hydroxyl groups excluding tert-OH is 2. The Morgan fingerprint density at radius 1 is 1.05 bits per heavy atom. The Morgan fingerprint density at radius 3 is 2.55 bits per heavy atom. The second kappa shape index (κ2) is 5.07. The fourth-order valence-corrected chi connectivity index (χ4v) is 3.47. The number of halogens is 1. The molecule has 5 nitrogen and oxygen atoms in total. The highest BCUT2D eigenvalue weighted by Gasteiger charge is 2.39. The van der Waals surface area contributed by atoms with E-state index in [4.69, 9.17) is 9.47 Å². The fraction of sp³-hybridized carbons (Fsp3) is 0.571. The number of hydrogen-bond donors (Lipinski definition) is 3. The van der Waals surface area contributed by atoms with Gasteiger partial charge in [0.1, 0.15) is 0 Å².